The van der Waals surface area contributed by atoms with Crippen LogP contribution in [0.3, 0.4) is 0 Å². The lowest BCUT2D eigenvalue weighted by Gasteiger charge is -2.12. The van der Waals surface area contributed by atoms with Crippen molar-refractivity contribution in [2.24, 2.45) is 5.41 Å². The molecule has 0 radical (unpaired) electrons. The summed E-state index contributed by atoms with van der Waals surface area (Å²) in [6.45, 7) is 8.94. The normalized spacial score (nSPS) is 9.75. The van der Waals surface area contributed by atoms with Crippen LogP contribution >= 0.6 is 11.9 Å². The van der Waals surface area contributed by atoms with Gasteiger partial charge in [0.1, 0.15) is 0 Å². The minimum atomic E-state index is 0.542. The van der Waals surface area contributed by atoms with Crippen LogP contribution in [0.15, 0.2) is 0 Å². The molecule has 0 aliphatic heterocycles. The lowest BCUT2D eigenvalue weighted by atomic mass is 9.94. The predicted molar refractivity (Wildman–Crippen MR) is 37.8 cm³/mol. The SMILES string of the molecule is CCC(C)(C)C.OCl. The zero-order valence-corrected chi connectivity index (χ0v) is 6.79. The lowest BCUT2D eigenvalue weighted by molar-refractivity contribution is 0.398. The van der Waals surface area contributed by atoms with Gasteiger partial charge in [-0.2, -0.15) is 0 Å². The van der Waals surface area contributed by atoms with Gasteiger partial charge < -0.3 is 0 Å². The summed E-state index contributed by atoms with van der Waals surface area (Å²) in [5.41, 5.74) is 0.542. The van der Waals surface area contributed by atoms with Crippen LogP contribution in [0.5, 0.6) is 0 Å². The van der Waals surface area contributed by atoms with Gasteiger partial charge in [-0.3, -0.25) is 4.66 Å². The molecule has 0 atom stereocenters. The molecular formula is C6H15ClO. The summed E-state index contributed by atoms with van der Waals surface area (Å²) < 4.78 is 6.47. The average Bonchev–Trinajstić information content (AvgIpc) is 1.71. The second-order valence-electron chi connectivity index (χ2n) is 2.91. The first-order chi connectivity index (χ1) is 3.56. The molecule has 1 N–H and O–H groups in total. The molecule has 0 rings (SSSR count). The molecular weight excluding hydrogens is 124 g/mol. The Labute approximate surface area is 56.8 Å². The van der Waals surface area contributed by atoms with E-state index in [0.717, 1.165) is 0 Å². The van der Waals surface area contributed by atoms with Gasteiger partial charge in [0.05, 0.1) is 11.9 Å². The molecule has 0 aliphatic carbocycles. The standard InChI is InChI=1S/C6H14.ClHO/c1-5-6(2,3)4;1-2/h5H2,1-4H3;2H. The summed E-state index contributed by atoms with van der Waals surface area (Å²) in [6, 6.07) is 0. The minimum absolute atomic E-state index is 0.542. The number of rotatable bonds is 0. The van der Waals surface area contributed by atoms with Crippen molar-refractivity contribution in [1.29, 1.82) is 0 Å². The third-order valence-electron chi connectivity index (χ3n) is 1.06. The highest BCUT2D eigenvalue weighted by Gasteiger charge is 2.03. The molecule has 0 aromatic carbocycles. The average molecular weight is 139 g/mol. The van der Waals surface area contributed by atoms with E-state index < -0.39 is 0 Å². The van der Waals surface area contributed by atoms with Crippen molar-refractivity contribution in [3.05, 3.63) is 0 Å². The van der Waals surface area contributed by atoms with Crippen LogP contribution in [0.1, 0.15) is 34.1 Å². The highest BCUT2D eigenvalue weighted by molar-refractivity contribution is 6.04. The fraction of sp³-hybridized carbons (Fsp3) is 1.00. The van der Waals surface area contributed by atoms with Crippen molar-refractivity contribution in [2.75, 3.05) is 0 Å². The zero-order valence-electron chi connectivity index (χ0n) is 6.03. The molecule has 0 amide bonds. The van der Waals surface area contributed by atoms with Crippen LogP contribution in [0.25, 0.3) is 0 Å². The van der Waals surface area contributed by atoms with E-state index >= 15 is 0 Å². The largest absolute Gasteiger partial charge is 0.295 e. The third-order valence-corrected chi connectivity index (χ3v) is 1.06. The molecule has 0 heterocycles. The van der Waals surface area contributed by atoms with Crippen LogP contribution in [0.4, 0.5) is 0 Å². The maximum Gasteiger partial charge on any atom is 0.0579 e. The van der Waals surface area contributed by atoms with E-state index in [2.05, 4.69) is 39.6 Å². The first kappa shape index (κ1) is 11.1. The van der Waals surface area contributed by atoms with E-state index in [-0.39, 0.29) is 0 Å². The van der Waals surface area contributed by atoms with Crippen molar-refractivity contribution in [3.63, 3.8) is 0 Å². The lowest BCUT2D eigenvalue weighted by Crippen LogP contribution is -2.00. The third kappa shape index (κ3) is 16.3. The molecule has 1 nitrogen and oxygen atoms in total. The summed E-state index contributed by atoms with van der Waals surface area (Å²) in [5.74, 6) is 0. The van der Waals surface area contributed by atoms with Gasteiger partial charge in [-0.25, -0.2) is 0 Å². The molecule has 0 aromatic rings. The number of hydrogen-bond donors (Lipinski definition) is 1. The summed E-state index contributed by atoms with van der Waals surface area (Å²) >= 11 is 3.64. The minimum Gasteiger partial charge on any atom is -0.295 e. The van der Waals surface area contributed by atoms with Crippen molar-refractivity contribution in [2.45, 2.75) is 34.1 Å². The van der Waals surface area contributed by atoms with Gasteiger partial charge in [-0.05, 0) is 5.41 Å². The molecule has 2 heteroatoms. The van der Waals surface area contributed by atoms with E-state index in [1.165, 1.54) is 6.42 Å². The Balaban J connectivity index is 0. The Morgan fingerprint density at radius 1 is 1.25 bits per heavy atom. The van der Waals surface area contributed by atoms with Gasteiger partial charge in [-0.15, -0.1) is 0 Å². The maximum atomic E-state index is 6.47. The molecule has 0 fully saturated rings. The fourth-order valence-corrected chi connectivity index (χ4v) is 0. The van der Waals surface area contributed by atoms with Crippen LogP contribution in [0, 0.1) is 5.41 Å². The molecule has 0 saturated heterocycles. The number of hydrogen-bond acceptors (Lipinski definition) is 1. The van der Waals surface area contributed by atoms with Crippen molar-refractivity contribution < 1.29 is 4.66 Å². The van der Waals surface area contributed by atoms with Gasteiger partial charge >= 0.3 is 0 Å². The van der Waals surface area contributed by atoms with E-state index in [4.69, 9.17) is 4.66 Å². The molecule has 0 spiro atoms. The van der Waals surface area contributed by atoms with E-state index in [0.29, 0.717) is 5.41 Å². The van der Waals surface area contributed by atoms with Gasteiger partial charge in [-0.1, -0.05) is 34.1 Å². The molecule has 52 valence electrons. The molecule has 0 aliphatic rings. The zero-order chi connectivity index (χ0) is 7.21. The first-order valence-electron chi connectivity index (χ1n) is 2.73. The van der Waals surface area contributed by atoms with Gasteiger partial charge in [0.2, 0.25) is 0 Å². The Morgan fingerprint density at radius 3 is 1.38 bits per heavy atom. The van der Waals surface area contributed by atoms with Crippen LogP contribution < -0.4 is 0 Å². The second kappa shape index (κ2) is 5.39. The van der Waals surface area contributed by atoms with Crippen LogP contribution in [-0.2, 0) is 0 Å². The Bertz CT molecular complexity index is 38.3. The van der Waals surface area contributed by atoms with Gasteiger partial charge in [0, 0.05) is 0 Å². The van der Waals surface area contributed by atoms with E-state index in [9.17, 15) is 0 Å². The number of halogens is 1. The fourth-order valence-electron chi connectivity index (χ4n) is 0. The molecule has 0 unspecified atom stereocenters. The predicted octanol–water partition coefficient (Wildman–Crippen LogP) is 2.58. The second-order valence-corrected chi connectivity index (χ2v) is 2.91. The van der Waals surface area contributed by atoms with Crippen molar-refractivity contribution in [1.82, 2.24) is 0 Å². The Hall–Kier alpha value is 0.250. The molecule has 0 saturated carbocycles. The van der Waals surface area contributed by atoms with Gasteiger partial charge in [0.25, 0.3) is 0 Å². The van der Waals surface area contributed by atoms with Crippen molar-refractivity contribution in [3.8, 4) is 0 Å². The highest BCUT2D eigenvalue weighted by atomic mass is 35.5. The quantitative estimate of drug-likeness (QED) is 0.546. The molecule has 0 aromatic heterocycles. The van der Waals surface area contributed by atoms with Crippen molar-refractivity contribution >= 4 is 11.9 Å². The molecule has 8 heavy (non-hydrogen) atoms. The summed E-state index contributed by atoms with van der Waals surface area (Å²) in [5, 5.41) is 0. The van der Waals surface area contributed by atoms with Crippen LogP contribution in [-0.4, -0.2) is 4.66 Å². The van der Waals surface area contributed by atoms with Crippen LogP contribution in [0.2, 0.25) is 0 Å². The smallest absolute Gasteiger partial charge is 0.0579 e. The van der Waals surface area contributed by atoms with E-state index in [1.807, 2.05) is 0 Å². The summed E-state index contributed by atoms with van der Waals surface area (Å²) in [7, 11) is 0. The van der Waals surface area contributed by atoms with Gasteiger partial charge in [0.15, 0.2) is 0 Å². The maximum absolute atomic E-state index is 6.47. The molecule has 0 bridgehead atoms. The first-order valence-corrected chi connectivity index (χ1v) is 3.07. The summed E-state index contributed by atoms with van der Waals surface area (Å²) in [6.07, 6.45) is 1.27. The topological polar surface area (TPSA) is 20.2 Å². The monoisotopic (exact) mass is 138 g/mol. The summed E-state index contributed by atoms with van der Waals surface area (Å²) in [4.78, 5) is 0. The highest BCUT2D eigenvalue weighted by Crippen LogP contribution is 2.16. The Morgan fingerprint density at radius 2 is 1.38 bits per heavy atom. The Kier molecular flexibility index (Phi) is 7.48. The van der Waals surface area contributed by atoms with E-state index in [1.54, 1.807) is 0 Å².